The van der Waals surface area contributed by atoms with Gasteiger partial charge in [0.15, 0.2) is 0 Å². The van der Waals surface area contributed by atoms with E-state index in [2.05, 4.69) is 19.2 Å². The van der Waals surface area contributed by atoms with Crippen LogP contribution in [0, 0.1) is 0 Å². The zero-order valence-electron chi connectivity index (χ0n) is 10.2. The summed E-state index contributed by atoms with van der Waals surface area (Å²) >= 11 is 0. The number of carbonyl (C=O) groups is 1. The summed E-state index contributed by atoms with van der Waals surface area (Å²) < 4.78 is 5.26. The molecule has 0 spiro atoms. The van der Waals surface area contributed by atoms with E-state index >= 15 is 0 Å². The first-order chi connectivity index (χ1) is 7.61. The number of morpholine rings is 1. The van der Waals surface area contributed by atoms with Gasteiger partial charge in [-0.05, 0) is 13.8 Å². The number of piperazine rings is 1. The number of carbonyl (C=O) groups excluding carboxylic acids is 1. The number of nitrogens with zero attached hydrogens (tertiary/aromatic N) is 2. The molecule has 2 aliphatic heterocycles. The van der Waals surface area contributed by atoms with Gasteiger partial charge < -0.3 is 19.9 Å². The molecule has 92 valence electrons. The number of amides is 2. The molecular formula is C11H21N3O2. The van der Waals surface area contributed by atoms with Gasteiger partial charge >= 0.3 is 6.03 Å². The fourth-order valence-electron chi connectivity index (χ4n) is 2.26. The highest BCUT2D eigenvalue weighted by Crippen LogP contribution is 2.18. The fraction of sp³-hybridized carbons (Fsp3) is 0.909. The van der Waals surface area contributed by atoms with Gasteiger partial charge in [0.1, 0.15) is 0 Å². The molecule has 0 atom stereocenters. The van der Waals surface area contributed by atoms with Crippen LogP contribution in [0.4, 0.5) is 4.79 Å². The highest BCUT2D eigenvalue weighted by atomic mass is 16.5. The predicted molar refractivity (Wildman–Crippen MR) is 61.4 cm³/mol. The van der Waals surface area contributed by atoms with Crippen LogP contribution < -0.4 is 5.32 Å². The lowest BCUT2D eigenvalue weighted by atomic mass is 10.0. The van der Waals surface area contributed by atoms with E-state index in [9.17, 15) is 4.79 Å². The normalized spacial score (nSPS) is 25.6. The molecule has 2 amide bonds. The molecule has 2 aliphatic rings. The number of urea groups is 1. The minimum atomic E-state index is -0.0896. The van der Waals surface area contributed by atoms with Crippen LogP contribution >= 0.6 is 0 Å². The number of nitrogens with one attached hydrogen (secondary N) is 1. The lowest BCUT2D eigenvalue weighted by Gasteiger charge is -2.45. The summed E-state index contributed by atoms with van der Waals surface area (Å²) in [6, 6.07) is 0.162. The summed E-state index contributed by atoms with van der Waals surface area (Å²) in [5.74, 6) is 0. The van der Waals surface area contributed by atoms with Crippen LogP contribution in [-0.4, -0.2) is 67.3 Å². The average molecular weight is 227 g/mol. The van der Waals surface area contributed by atoms with Crippen molar-refractivity contribution in [3.63, 3.8) is 0 Å². The standard InChI is InChI=1S/C11H21N3O2/c1-11(2)9-12-3-4-14(11)10(15)13-5-7-16-8-6-13/h12H,3-9H2,1-2H3. The van der Waals surface area contributed by atoms with Gasteiger partial charge in [0, 0.05) is 32.7 Å². The first-order valence-electron chi connectivity index (χ1n) is 5.96. The Bertz CT molecular complexity index is 262. The minimum absolute atomic E-state index is 0.0896. The Kier molecular flexibility index (Phi) is 3.35. The third-order valence-corrected chi connectivity index (χ3v) is 3.31. The first kappa shape index (κ1) is 11.7. The Balaban J connectivity index is 2.01. The molecule has 5 nitrogen and oxygen atoms in total. The molecule has 1 N–H and O–H groups in total. The maximum absolute atomic E-state index is 12.3. The van der Waals surface area contributed by atoms with E-state index in [0.717, 1.165) is 32.7 Å². The van der Waals surface area contributed by atoms with Crippen molar-refractivity contribution in [2.24, 2.45) is 0 Å². The SMILES string of the molecule is CC1(C)CNCCN1C(=O)N1CCOCC1. The van der Waals surface area contributed by atoms with Gasteiger partial charge in [-0.3, -0.25) is 0 Å². The van der Waals surface area contributed by atoms with E-state index in [0.29, 0.717) is 13.2 Å². The van der Waals surface area contributed by atoms with E-state index in [-0.39, 0.29) is 11.6 Å². The zero-order chi connectivity index (χ0) is 11.6. The van der Waals surface area contributed by atoms with Gasteiger partial charge in [-0.2, -0.15) is 0 Å². The van der Waals surface area contributed by atoms with E-state index < -0.39 is 0 Å². The van der Waals surface area contributed by atoms with Crippen LogP contribution in [-0.2, 0) is 4.74 Å². The van der Waals surface area contributed by atoms with Crippen LogP contribution in [0.25, 0.3) is 0 Å². The zero-order valence-corrected chi connectivity index (χ0v) is 10.2. The van der Waals surface area contributed by atoms with Gasteiger partial charge in [-0.25, -0.2) is 4.79 Å². The van der Waals surface area contributed by atoms with Crippen LogP contribution in [0.2, 0.25) is 0 Å². The van der Waals surface area contributed by atoms with E-state index in [1.54, 1.807) is 0 Å². The van der Waals surface area contributed by atoms with Crippen LogP contribution in [0.15, 0.2) is 0 Å². The largest absolute Gasteiger partial charge is 0.378 e. The Morgan fingerprint density at radius 2 is 1.94 bits per heavy atom. The van der Waals surface area contributed by atoms with Gasteiger partial charge in [0.05, 0.1) is 18.8 Å². The van der Waals surface area contributed by atoms with E-state index in [1.807, 2.05) is 9.80 Å². The molecule has 0 aromatic heterocycles. The van der Waals surface area contributed by atoms with E-state index in [1.165, 1.54) is 0 Å². The molecule has 0 radical (unpaired) electrons. The summed E-state index contributed by atoms with van der Waals surface area (Å²) in [5.41, 5.74) is -0.0896. The van der Waals surface area contributed by atoms with Crippen LogP contribution in [0.3, 0.4) is 0 Å². The lowest BCUT2D eigenvalue weighted by Crippen LogP contribution is -2.63. The summed E-state index contributed by atoms with van der Waals surface area (Å²) in [7, 11) is 0. The molecule has 2 saturated heterocycles. The summed E-state index contributed by atoms with van der Waals surface area (Å²) in [5, 5.41) is 3.33. The quantitative estimate of drug-likeness (QED) is 0.639. The van der Waals surface area contributed by atoms with Crippen molar-refractivity contribution >= 4 is 6.03 Å². The second-order valence-corrected chi connectivity index (χ2v) is 5.02. The molecule has 2 heterocycles. The van der Waals surface area contributed by atoms with Crippen LogP contribution in [0.5, 0.6) is 0 Å². The summed E-state index contributed by atoms with van der Waals surface area (Å²) in [6.45, 7) is 9.54. The smallest absolute Gasteiger partial charge is 0.320 e. The van der Waals surface area contributed by atoms with Gasteiger partial charge in [0.25, 0.3) is 0 Å². The minimum Gasteiger partial charge on any atom is -0.378 e. The number of hydrogen-bond donors (Lipinski definition) is 1. The van der Waals surface area contributed by atoms with Gasteiger partial charge in [0.2, 0.25) is 0 Å². The van der Waals surface area contributed by atoms with Crippen molar-refractivity contribution in [1.82, 2.24) is 15.1 Å². The highest BCUT2D eigenvalue weighted by Gasteiger charge is 2.35. The summed E-state index contributed by atoms with van der Waals surface area (Å²) in [4.78, 5) is 16.2. The molecule has 0 aromatic rings. The number of ether oxygens (including phenoxy) is 1. The third kappa shape index (κ3) is 2.30. The molecule has 0 aromatic carbocycles. The molecule has 5 heteroatoms. The van der Waals surface area contributed by atoms with Crippen molar-refractivity contribution in [3.05, 3.63) is 0 Å². The van der Waals surface area contributed by atoms with Gasteiger partial charge in [-0.15, -0.1) is 0 Å². The second-order valence-electron chi connectivity index (χ2n) is 5.02. The molecule has 2 fully saturated rings. The maximum atomic E-state index is 12.3. The monoisotopic (exact) mass is 227 g/mol. The lowest BCUT2D eigenvalue weighted by molar-refractivity contribution is 0.0273. The Morgan fingerprint density at radius 3 is 2.56 bits per heavy atom. The molecular weight excluding hydrogens is 206 g/mol. The average Bonchev–Trinajstić information content (AvgIpc) is 2.29. The Hall–Kier alpha value is -0.810. The maximum Gasteiger partial charge on any atom is 0.320 e. The molecule has 0 unspecified atom stereocenters. The van der Waals surface area contributed by atoms with Crippen molar-refractivity contribution < 1.29 is 9.53 Å². The van der Waals surface area contributed by atoms with Gasteiger partial charge in [-0.1, -0.05) is 0 Å². The number of rotatable bonds is 0. The summed E-state index contributed by atoms with van der Waals surface area (Å²) in [6.07, 6.45) is 0. The third-order valence-electron chi connectivity index (χ3n) is 3.31. The predicted octanol–water partition coefficient (Wildman–Crippen LogP) is 0.122. The van der Waals surface area contributed by atoms with Crippen molar-refractivity contribution in [3.8, 4) is 0 Å². The van der Waals surface area contributed by atoms with E-state index in [4.69, 9.17) is 4.74 Å². The van der Waals surface area contributed by atoms with Crippen molar-refractivity contribution in [2.75, 3.05) is 45.9 Å². The molecule has 0 aliphatic carbocycles. The number of hydrogen-bond acceptors (Lipinski definition) is 3. The molecule has 0 saturated carbocycles. The Labute approximate surface area is 96.7 Å². The first-order valence-corrected chi connectivity index (χ1v) is 5.96. The van der Waals surface area contributed by atoms with Crippen molar-refractivity contribution in [1.29, 1.82) is 0 Å². The fourth-order valence-corrected chi connectivity index (χ4v) is 2.26. The second kappa shape index (κ2) is 4.59. The molecule has 0 bridgehead atoms. The molecule has 16 heavy (non-hydrogen) atoms. The topological polar surface area (TPSA) is 44.8 Å². The Morgan fingerprint density at radius 1 is 1.25 bits per heavy atom. The molecule has 2 rings (SSSR count). The van der Waals surface area contributed by atoms with Crippen LogP contribution in [0.1, 0.15) is 13.8 Å². The van der Waals surface area contributed by atoms with Crippen molar-refractivity contribution in [2.45, 2.75) is 19.4 Å². The highest BCUT2D eigenvalue weighted by molar-refractivity contribution is 5.75.